The minimum atomic E-state index is -0.0407. The first-order valence-corrected chi connectivity index (χ1v) is 9.51. The third-order valence-corrected chi connectivity index (χ3v) is 4.90. The maximum Gasteiger partial charge on any atom is 0.254 e. The van der Waals surface area contributed by atoms with Crippen molar-refractivity contribution in [2.75, 3.05) is 39.3 Å². The molecule has 6 heteroatoms. The number of benzene rings is 2. The molecule has 1 N–H and O–H groups in total. The summed E-state index contributed by atoms with van der Waals surface area (Å²) >= 11 is 0. The number of amides is 2. The maximum absolute atomic E-state index is 13.2. The third-order valence-electron chi connectivity index (χ3n) is 4.90. The number of nitrogens with zero attached hydrogens (tertiary/aromatic N) is 3. The third kappa shape index (κ3) is 4.38. The molecule has 28 heavy (non-hydrogen) atoms. The molecule has 1 aliphatic rings. The summed E-state index contributed by atoms with van der Waals surface area (Å²) in [4.78, 5) is 28.8. The molecule has 0 aromatic heterocycles. The summed E-state index contributed by atoms with van der Waals surface area (Å²) in [5, 5.41) is 12.2. The fourth-order valence-corrected chi connectivity index (χ4v) is 3.46. The van der Waals surface area contributed by atoms with Crippen LogP contribution in [0, 0.1) is 11.3 Å². The van der Waals surface area contributed by atoms with Gasteiger partial charge < -0.3 is 10.2 Å². The second-order valence-electron chi connectivity index (χ2n) is 6.72. The first kappa shape index (κ1) is 19.6. The predicted octanol–water partition coefficient (Wildman–Crippen LogP) is 2.12. The lowest BCUT2D eigenvalue weighted by Crippen LogP contribution is -2.51. The van der Waals surface area contributed by atoms with E-state index in [-0.39, 0.29) is 11.8 Å². The largest absolute Gasteiger partial charge is 0.355 e. The van der Waals surface area contributed by atoms with E-state index in [1.807, 2.05) is 54.3 Å². The number of hydrogen-bond acceptors (Lipinski definition) is 4. The smallest absolute Gasteiger partial charge is 0.254 e. The van der Waals surface area contributed by atoms with Gasteiger partial charge in [0.25, 0.3) is 5.91 Å². The Morgan fingerprint density at radius 3 is 2.32 bits per heavy atom. The highest BCUT2D eigenvalue weighted by atomic mass is 16.2. The van der Waals surface area contributed by atoms with Crippen molar-refractivity contribution in [3.63, 3.8) is 0 Å². The number of nitrogens with one attached hydrogen (secondary N) is 1. The summed E-state index contributed by atoms with van der Waals surface area (Å²) < 4.78 is 0. The molecule has 2 amide bonds. The number of hydrogen-bond donors (Lipinski definition) is 1. The minimum absolute atomic E-state index is 0.0146. The number of nitriles is 1. The second kappa shape index (κ2) is 9.16. The lowest BCUT2D eigenvalue weighted by atomic mass is 9.95. The maximum atomic E-state index is 13.2. The van der Waals surface area contributed by atoms with Gasteiger partial charge in [0.2, 0.25) is 5.91 Å². The molecule has 0 atom stereocenters. The van der Waals surface area contributed by atoms with Crippen LogP contribution in [0.5, 0.6) is 0 Å². The molecule has 1 saturated heterocycles. The number of rotatable bonds is 5. The Hall–Kier alpha value is -3.17. The molecule has 0 spiro atoms. The van der Waals surface area contributed by atoms with Crippen LogP contribution >= 0.6 is 0 Å². The van der Waals surface area contributed by atoms with E-state index < -0.39 is 0 Å². The van der Waals surface area contributed by atoms with Crippen LogP contribution in [0.2, 0.25) is 0 Å². The van der Waals surface area contributed by atoms with Crippen LogP contribution in [0.25, 0.3) is 11.1 Å². The molecule has 6 nitrogen and oxygen atoms in total. The van der Waals surface area contributed by atoms with Gasteiger partial charge in [0.1, 0.15) is 0 Å². The quantitative estimate of drug-likeness (QED) is 0.867. The van der Waals surface area contributed by atoms with Crippen LogP contribution in [0.1, 0.15) is 22.8 Å². The molecule has 0 aliphatic carbocycles. The summed E-state index contributed by atoms with van der Waals surface area (Å²) in [6, 6.07) is 16.9. The first-order chi connectivity index (χ1) is 13.6. The van der Waals surface area contributed by atoms with Crippen molar-refractivity contribution in [2.45, 2.75) is 6.92 Å². The van der Waals surface area contributed by atoms with Gasteiger partial charge in [0, 0.05) is 43.9 Å². The highest BCUT2D eigenvalue weighted by Gasteiger charge is 2.25. The highest BCUT2D eigenvalue weighted by Crippen LogP contribution is 2.28. The van der Waals surface area contributed by atoms with Crippen molar-refractivity contribution in [1.29, 1.82) is 5.26 Å². The van der Waals surface area contributed by atoms with Gasteiger partial charge in [0.15, 0.2) is 0 Å². The molecule has 2 aromatic rings. The monoisotopic (exact) mass is 376 g/mol. The van der Waals surface area contributed by atoms with Gasteiger partial charge in [-0.15, -0.1) is 0 Å². The average Bonchev–Trinajstić information content (AvgIpc) is 2.74. The van der Waals surface area contributed by atoms with Crippen molar-refractivity contribution in [3.05, 3.63) is 59.7 Å². The average molecular weight is 376 g/mol. The van der Waals surface area contributed by atoms with Crippen molar-refractivity contribution >= 4 is 11.8 Å². The molecule has 0 saturated carbocycles. The second-order valence-corrected chi connectivity index (χ2v) is 6.72. The minimum Gasteiger partial charge on any atom is -0.355 e. The molecule has 1 aliphatic heterocycles. The highest BCUT2D eigenvalue weighted by molar-refractivity contribution is 6.01. The predicted molar refractivity (Wildman–Crippen MR) is 108 cm³/mol. The van der Waals surface area contributed by atoms with E-state index in [4.69, 9.17) is 0 Å². The fourth-order valence-electron chi connectivity index (χ4n) is 3.46. The number of carbonyl (C=O) groups is 2. The normalized spacial score (nSPS) is 14.4. The molecule has 3 rings (SSSR count). The van der Waals surface area contributed by atoms with E-state index in [9.17, 15) is 14.9 Å². The Labute approximate surface area is 165 Å². The summed E-state index contributed by atoms with van der Waals surface area (Å²) in [6.45, 7) is 5.37. The van der Waals surface area contributed by atoms with Crippen LogP contribution < -0.4 is 5.32 Å². The summed E-state index contributed by atoms with van der Waals surface area (Å²) in [6.07, 6.45) is 0. The lowest BCUT2D eigenvalue weighted by Gasteiger charge is -2.34. The van der Waals surface area contributed by atoms with E-state index in [0.717, 1.165) is 11.1 Å². The molecule has 1 heterocycles. The van der Waals surface area contributed by atoms with Gasteiger partial charge in [-0.3, -0.25) is 14.5 Å². The van der Waals surface area contributed by atoms with Gasteiger partial charge in [-0.25, -0.2) is 0 Å². The van der Waals surface area contributed by atoms with Crippen molar-refractivity contribution in [3.8, 4) is 17.2 Å². The Kier molecular flexibility index (Phi) is 6.41. The molecule has 144 valence electrons. The van der Waals surface area contributed by atoms with E-state index in [2.05, 4.69) is 16.3 Å². The van der Waals surface area contributed by atoms with Crippen molar-refractivity contribution in [2.24, 2.45) is 0 Å². The van der Waals surface area contributed by atoms with E-state index in [0.29, 0.717) is 50.4 Å². The molecule has 1 fully saturated rings. The Balaban J connectivity index is 1.75. The molecule has 0 radical (unpaired) electrons. The zero-order valence-corrected chi connectivity index (χ0v) is 16.0. The number of likely N-dealkylation sites (N-methyl/N-ethyl adjacent to an activating group) is 1. The van der Waals surface area contributed by atoms with Crippen LogP contribution in [0.4, 0.5) is 0 Å². The van der Waals surface area contributed by atoms with Crippen molar-refractivity contribution in [1.82, 2.24) is 15.1 Å². The summed E-state index contributed by atoms with van der Waals surface area (Å²) in [5.74, 6) is -0.0262. The van der Waals surface area contributed by atoms with Crippen molar-refractivity contribution < 1.29 is 9.59 Å². The first-order valence-electron chi connectivity index (χ1n) is 9.51. The summed E-state index contributed by atoms with van der Waals surface area (Å²) in [5.41, 5.74) is 2.69. The topological polar surface area (TPSA) is 76.4 Å². The molecular weight excluding hydrogens is 352 g/mol. The Bertz CT molecular complexity index is 895. The molecular formula is C22H24N4O2. The molecule has 2 aromatic carbocycles. The fraction of sp³-hybridized carbons (Fsp3) is 0.318. The Morgan fingerprint density at radius 2 is 1.64 bits per heavy atom. The van der Waals surface area contributed by atoms with Crippen LogP contribution in [-0.2, 0) is 4.79 Å². The zero-order chi connectivity index (χ0) is 19.9. The van der Waals surface area contributed by atoms with Crippen LogP contribution in [0.15, 0.2) is 48.5 Å². The van der Waals surface area contributed by atoms with Crippen LogP contribution in [0.3, 0.4) is 0 Å². The molecule has 0 bridgehead atoms. The number of carbonyl (C=O) groups excluding carboxylic acids is 2. The van der Waals surface area contributed by atoms with Gasteiger partial charge in [-0.05, 0) is 24.6 Å². The van der Waals surface area contributed by atoms with E-state index >= 15 is 0 Å². The Morgan fingerprint density at radius 1 is 1.00 bits per heavy atom. The van der Waals surface area contributed by atoms with E-state index in [1.54, 1.807) is 6.07 Å². The number of piperazine rings is 1. The summed E-state index contributed by atoms with van der Waals surface area (Å²) in [7, 11) is 0. The molecule has 0 unspecified atom stereocenters. The standard InChI is InChI=1S/C22H24N4O2/c1-2-24-21(27)16-25-11-13-26(14-12-25)22(28)20-10-6-5-9-19(20)18-8-4-3-7-17(18)15-23/h3-10H,2,11-14,16H2,1H3,(H,24,27). The van der Waals surface area contributed by atoms with Crippen LogP contribution in [-0.4, -0.2) is 60.9 Å². The van der Waals surface area contributed by atoms with Gasteiger partial charge in [-0.1, -0.05) is 36.4 Å². The van der Waals surface area contributed by atoms with E-state index in [1.165, 1.54) is 0 Å². The lowest BCUT2D eigenvalue weighted by molar-refractivity contribution is -0.122. The SMILES string of the molecule is CCNC(=O)CN1CCN(C(=O)c2ccccc2-c2ccccc2C#N)CC1. The van der Waals surface area contributed by atoms with Gasteiger partial charge in [0.05, 0.1) is 18.2 Å². The van der Waals surface area contributed by atoms with Gasteiger partial charge >= 0.3 is 0 Å². The zero-order valence-electron chi connectivity index (χ0n) is 16.0. The van der Waals surface area contributed by atoms with Gasteiger partial charge in [-0.2, -0.15) is 5.26 Å².